The molecular formula is C15H25N3O. The molecule has 0 atom stereocenters. The van der Waals surface area contributed by atoms with Gasteiger partial charge in [-0.15, -0.1) is 0 Å². The number of aliphatic hydroxyl groups is 1. The third-order valence-electron chi connectivity index (χ3n) is 3.71. The standard InChI is InChI=1S/C15H25N3O/c1-2-8-16-15-5-3-4-14(17-15)11-18-9-6-13(12-19)7-10-18/h3-5,13,19H,2,6-12H2,1H3,(H,16,17). The summed E-state index contributed by atoms with van der Waals surface area (Å²) in [6.07, 6.45) is 3.31. The second-order valence-corrected chi connectivity index (χ2v) is 5.34. The molecule has 1 aromatic rings. The molecule has 0 bridgehead atoms. The molecule has 1 aliphatic rings. The summed E-state index contributed by atoms with van der Waals surface area (Å²) in [5, 5.41) is 12.5. The number of hydrogen-bond donors (Lipinski definition) is 2. The number of aliphatic hydroxyl groups excluding tert-OH is 1. The molecule has 2 rings (SSSR count). The van der Waals surface area contributed by atoms with Crippen molar-refractivity contribution < 1.29 is 5.11 Å². The van der Waals surface area contributed by atoms with E-state index >= 15 is 0 Å². The van der Waals surface area contributed by atoms with Crippen LogP contribution in [-0.2, 0) is 6.54 Å². The highest BCUT2D eigenvalue weighted by atomic mass is 16.3. The molecule has 1 aromatic heterocycles. The van der Waals surface area contributed by atoms with E-state index in [9.17, 15) is 0 Å². The lowest BCUT2D eigenvalue weighted by molar-refractivity contribution is 0.126. The fraction of sp³-hybridized carbons (Fsp3) is 0.667. The van der Waals surface area contributed by atoms with Gasteiger partial charge in [-0.05, 0) is 50.4 Å². The number of nitrogens with one attached hydrogen (secondary N) is 1. The van der Waals surface area contributed by atoms with Gasteiger partial charge in [-0.3, -0.25) is 4.90 Å². The largest absolute Gasteiger partial charge is 0.396 e. The van der Waals surface area contributed by atoms with Gasteiger partial charge in [-0.25, -0.2) is 4.98 Å². The molecule has 1 aliphatic heterocycles. The van der Waals surface area contributed by atoms with Crippen LogP contribution in [0.1, 0.15) is 31.9 Å². The average molecular weight is 263 g/mol. The molecule has 19 heavy (non-hydrogen) atoms. The van der Waals surface area contributed by atoms with Gasteiger partial charge in [-0.1, -0.05) is 13.0 Å². The summed E-state index contributed by atoms with van der Waals surface area (Å²) >= 11 is 0. The minimum absolute atomic E-state index is 0.336. The van der Waals surface area contributed by atoms with Gasteiger partial charge in [0, 0.05) is 19.7 Å². The van der Waals surface area contributed by atoms with E-state index in [0.29, 0.717) is 12.5 Å². The predicted molar refractivity (Wildman–Crippen MR) is 78.1 cm³/mol. The Morgan fingerprint density at radius 1 is 1.37 bits per heavy atom. The molecule has 0 unspecified atom stereocenters. The Morgan fingerprint density at radius 3 is 2.84 bits per heavy atom. The fourth-order valence-corrected chi connectivity index (χ4v) is 2.48. The number of aromatic nitrogens is 1. The van der Waals surface area contributed by atoms with Gasteiger partial charge in [0.1, 0.15) is 5.82 Å². The topological polar surface area (TPSA) is 48.4 Å². The second-order valence-electron chi connectivity index (χ2n) is 5.34. The number of anilines is 1. The normalized spacial score (nSPS) is 17.6. The summed E-state index contributed by atoms with van der Waals surface area (Å²) in [5.41, 5.74) is 1.13. The Balaban J connectivity index is 1.85. The van der Waals surface area contributed by atoms with Crippen molar-refractivity contribution in [1.82, 2.24) is 9.88 Å². The molecule has 4 heteroatoms. The Kier molecular flexibility index (Phi) is 5.61. The SMILES string of the molecule is CCCNc1cccc(CN2CCC(CO)CC2)n1. The van der Waals surface area contributed by atoms with Crippen molar-refractivity contribution in [2.45, 2.75) is 32.7 Å². The number of likely N-dealkylation sites (tertiary alicyclic amines) is 1. The number of rotatable bonds is 6. The van der Waals surface area contributed by atoms with Crippen molar-refractivity contribution in [3.8, 4) is 0 Å². The zero-order valence-electron chi connectivity index (χ0n) is 11.8. The molecule has 0 radical (unpaired) electrons. The number of nitrogens with zero attached hydrogens (tertiary/aromatic N) is 2. The maximum atomic E-state index is 9.15. The van der Waals surface area contributed by atoms with E-state index < -0.39 is 0 Å². The lowest BCUT2D eigenvalue weighted by Gasteiger charge is -2.30. The first kappa shape index (κ1) is 14.3. The van der Waals surface area contributed by atoms with Crippen molar-refractivity contribution in [2.24, 2.45) is 5.92 Å². The van der Waals surface area contributed by atoms with Crippen LogP contribution in [0.5, 0.6) is 0 Å². The van der Waals surface area contributed by atoms with Crippen LogP contribution in [0.15, 0.2) is 18.2 Å². The Morgan fingerprint density at radius 2 is 2.16 bits per heavy atom. The smallest absolute Gasteiger partial charge is 0.126 e. The first-order chi connectivity index (χ1) is 9.31. The second kappa shape index (κ2) is 7.46. The van der Waals surface area contributed by atoms with Crippen LogP contribution in [0, 0.1) is 5.92 Å². The van der Waals surface area contributed by atoms with E-state index in [-0.39, 0.29) is 0 Å². The molecule has 0 saturated carbocycles. The molecule has 106 valence electrons. The third-order valence-corrected chi connectivity index (χ3v) is 3.71. The van der Waals surface area contributed by atoms with Gasteiger partial charge in [0.05, 0.1) is 5.69 Å². The number of piperidine rings is 1. The van der Waals surface area contributed by atoms with Gasteiger partial charge >= 0.3 is 0 Å². The van der Waals surface area contributed by atoms with E-state index in [1.165, 1.54) is 0 Å². The number of hydrogen-bond acceptors (Lipinski definition) is 4. The zero-order valence-corrected chi connectivity index (χ0v) is 11.8. The van der Waals surface area contributed by atoms with Gasteiger partial charge in [-0.2, -0.15) is 0 Å². The minimum atomic E-state index is 0.336. The minimum Gasteiger partial charge on any atom is -0.396 e. The number of pyridine rings is 1. The highest BCUT2D eigenvalue weighted by Crippen LogP contribution is 2.18. The Hall–Kier alpha value is -1.13. The molecule has 4 nitrogen and oxygen atoms in total. The molecule has 0 amide bonds. The Bertz CT molecular complexity index is 375. The maximum Gasteiger partial charge on any atom is 0.126 e. The zero-order chi connectivity index (χ0) is 13.5. The van der Waals surface area contributed by atoms with E-state index in [0.717, 1.165) is 57.0 Å². The van der Waals surface area contributed by atoms with Gasteiger partial charge in [0.2, 0.25) is 0 Å². The van der Waals surface area contributed by atoms with Gasteiger partial charge in [0.15, 0.2) is 0 Å². The molecule has 2 N–H and O–H groups in total. The van der Waals surface area contributed by atoms with Crippen molar-refractivity contribution in [3.63, 3.8) is 0 Å². The quantitative estimate of drug-likeness (QED) is 0.825. The van der Waals surface area contributed by atoms with Crippen LogP contribution in [-0.4, -0.2) is 41.2 Å². The van der Waals surface area contributed by atoms with Gasteiger partial charge < -0.3 is 10.4 Å². The molecule has 2 heterocycles. The summed E-state index contributed by atoms with van der Waals surface area (Å²) in [7, 11) is 0. The predicted octanol–water partition coefficient (Wildman–Crippen LogP) is 2.11. The molecule has 0 aromatic carbocycles. The molecular weight excluding hydrogens is 238 g/mol. The summed E-state index contributed by atoms with van der Waals surface area (Å²) in [6, 6.07) is 6.19. The highest BCUT2D eigenvalue weighted by Gasteiger charge is 2.18. The van der Waals surface area contributed by atoms with Crippen molar-refractivity contribution in [2.75, 3.05) is 31.6 Å². The van der Waals surface area contributed by atoms with E-state index in [1.54, 1.807) is 0 Å². The summed E-state index contributed by atoms with van der Waals surface area (Å²) in [4.78, 5) is 7.07. The molecule has 1 saturated heterocycles. The van der Waals surface area contributed by atoms with Crippen molar-refractivity contribution in [3.05, 3.63) is 23.9 Å². The average Bonchev–Trinajstić information content (AvgIpc) is 2.46. The first-order valence-corrected chi connectivity index (χ1v) is 7.35. The van der Waals surface area contributed by atoms with Crippen molar-refractivity contribution >= 4 is 5.82 Å². The van der Waals surface area contributed by atoms with Gasteiger partial charge in [0.25, 0.3) is 0 Å². The highest BCUT2D eigenvalue weighted by molar-refractivity contribution is 5.35. The van der Waals surface area contributed by atoms with Crippen molar-refractivity contribution in [1.29, 1.82) is 0 Å². The summed E-state index contributed by atoms with van der Waals surface area (Å²) < 4.78 is 0. The maximum absolute atomic E-state index is 9.15. The van der Waals surface area contributed by atoms with E-state index in [2.05, 4.69) is 34.3 Å². The van der Waals surface area contributed by atoms with Crippen LogP contribution in [0.2, 0.25) is 0 Å². The molecule has 0 aliphatic carbocycles. The van der Waals surface area contributed by atoms with Crippen LogP contribution in [0.3, 0.4) is 0 Å². The van der Waals surface area contributed by atoms with Crippen LogP contribution >= 0.6 is 0 Å². The molecule has 0 spiro atoms. The third kappa shape index (κ3) is 4.48. The molecule has 1 fully saturated rings. The fourth-order valence-electron chi connectivity index (χ4n) is 2.48. The summed E-state index contributed by atoms with van der Waals surface area (Å²) in [6.45, 7) is 6.52. The first-order valence-electron chi connectivity index (χ1n) is 7.35. The Labute approximate surface area is 115 Å². The van der Waals surface area contributed by atoms with Crippen LogP contribution in [0.25, 0.3) is 0 Å². The lowest BCUT2D eigenvalue weighted by Crippen LogP contribution is -2.34. The van der Waals surface area contributed by atoms with E-state index in [1.807, 2.05) is 6.07 Å². The summed E-state index contributed by atoms with van der Waals surface area (Å²) in [5.74, 6) is 1.48. The monoisotopic (exact) mass is 263 g/mol. The lowest BCUT2D eigenvalue weighted by atomic mass is 9.98. The van der Waals surface area contributed by atoms with Crippen LogP contribution in [0.4, 0.5) is 5.82 Å². The van der Waals surface area contributed by atoms with Crippen LogP contribution < -0.4 is 5.32 Å². The van der Waals surface area contributed by atoms with E-state index in [4.69, 9.17) is 5.11 Å².